The molecule has 0 spiro atoms. The van der Waals surface area contributed by atoms with E-state index < -0.39 is 40.4 Å². The van der Waals surface area contributed by atoms with Crippen LogP contribution in [0.4, 0.5) is 13.2 Å². The van der Waals surface area contributed by atoms with E-state index in [1.807, 2.05) is 0 Å². The molecule has 0 saturated carbocycles. The molecule has 8 heteroatoms. The van der Waals surface area contributed by atoms with Gasteiger partial charge < -0.3 is 9.57 Å². The number of rotatable bonds is 2. The van der Waals surface area contributed by atoms with Gasteiger partial charge >= 0.3 is 18.1 Å². The topological polar surface area (TPSA) is 78.6 Å². The highest BCUT2D eigenvalue weighted by molar-refractivity contribution is 5.95. The zero-order valence-electron chi connectivity index (χ0n) is 11.6. The molecule has 0 saturated heterocycles. The molecule has 0 aromatic heterocycles. The van der Waals surface area contributed by atoms with Gasteiger partial charge in [-0.05, 0) is 39.0 Å². The van der Waals surface area contributed by atoms with Crippen molar-refractivity contribution in [2.24, 2.45) is 5.90 Å². The summed E-state index contributed by atoms with van der Waals surface area (Å²) in [6.45, 7) is 4.69. The van der Waals surface area contributed by atoms with Crippen LogP contribution in [0.15, 0.2) is 18.2 Å². The molecule has 1 aromatic rings. The Kier molecular flexibility index (Phi) is 4.62. The molecule has 0 unspecified atom stereocenters. The van der Waals surface area contributed by atoms with Gasteiger partial charge in [0.2, 0.25) is 0 Å². The Morgan fingerprint density at radius 3 is 1.86 bits per heavy atom. The Hall–Kier alpha value is -2.09. The highest BCUT2D eigenvalue weighted by atomic mass is 19.4. The third-order valence-electron chi connectivity index (χ3n) is 2.24. The summed E-state index contributed by atoms with van der Waals surface area (Å²) in [5, 5.41) is 0. The van der Waals surface area contributed by atoms with Crippen molar-refractivity contribution in [2.45, 2.75) is 32.5 Å². The minimum absolute atomic E-state index is 0.417. The highest BCUT2D eigenvalue weighted by Crippen LogP contribution is 2.31. The zero-order chi connectivity index (χ0) is 16.4. The molecule has 116 valence electrons. The van der Waals surface area contributed by atoms with E-state index in [0.29, 0.717) is 12.1 Å². The van der Waals surface area contributed by atoms with Gasteiger partial charge in [0.1, 0.15) is 5.60 Å². The van der Waals surface area contributed by atoms with Crippen LogP contribution in [0.3, 0.4) is 0 Å². The SMILES string of the molecule is CC(C)(C)OC(=O)c1cc(C(=O)ON)cc(C(F)(F)F)c1. The minimum Gasteiger partial charge on any atom is -0.456 e. The molecule has 0 atom stereocenters. The molecule has 21 heavy (non-hydrogen) atoms. The fraction of sp³-hybridized carbons (Fsp3) is 0.385. The summed E-state index contributed by atoms with van der Waals surface area (Å²) in [5.74, 6) is 2.47. The van der Waals surface area contributed by atoms with Crippen LogP contribution in [-0.4, -0.2) is 17.5 Å². The number of halogens is 3. The first-order valence-electron chi connectivity index (χ1n) is 5.81. The number of nitrogens with two attached hydrogens (primary N) is 1. The average molecular weight is 305 g/mol. The largest absolute Gasteiger partial charge is 0.456 e. The number of hydrogen-bond donors (Lipinski definition) is 1. The fourth-order valence-electron chi connectivity index (χ4n) is 1.43. The minimum atomic E-state index is -4.73. The number of alkyl halides is 3. The Labute approximate surface area is 118 Å². The van der Waals surface area contributed by atoms with Crippen molar-refractivity contribution in [2.75, 3.05) is 0 Å². The van der Waals surface area contributed by atoms with Gasteiger partial charge in [0.15, 0.2) is 0 Å². The van der Waals surface area contributed by atoms with Crippen LogP contribution in [0, 0.1) is 0 Å². The summed E-state index contributed by atoms with van der Waals surface area (Å²) >= 11 is 0. The predicted octanol–water partition coefficient (Wildman–Crippen LogP) is 2.69. The molecular weight excluding hydrogens is 291 g/mol. The van der Waals surface area contributed by atoms with Gasteiger partial charge in [-0.1, -0.05) is 0 Å². The Bertz CT molecular complexity index is 562. The van der Waals surface area contributed by atoms with Crippen molar-refractivity contribution in [3.63, 3.8) is 0 Å². The molecule has 0 radical (unpaired) electrons. The van der Waals surface area contributed by atoms with Crippen molar-refractivity contribution in [3.8, 4) is 0 Å². The molecule has 0 aliphatic rings. The van der Waals surface area contributed by atoms with Crippen LogP contribution in [-0.2, 0) is 15.8 Å². The summed E-state index contributed by atoms with van der Waals surface area (Å²) in [5.41, 5.74) is -2.97. The van der Waals surface area contributed by atoms with Gasteiger partial charge in [0, 0.05) is 0 Å². The molecule has 0 fully saturated rings. The molecule has 1 aromatic carbocycles. The number of carbonyl (C=O) groups excluding carboxylic acids is 2. The van der Waals surface area contributed by atoms with Gasteiger partial charge in [0.25, 0.3) is 0 Å². The maximum absolute atomic E-state index is 12.8. The lowest BCUT2D eigenvalue weighted by atomic mass is 10.0. The second-order valence-electron chi connectivity index (χ2n) is 5.20. The predicted molar refractivity (Wildman–Crippen MR) is 66.2 cm³/mol. The summed E-state index contributed by atoms with van der Waals surface area (Å²) in [7, 11) is 0. The van der Waals surface area contributed by atoms with Gasteiger partial charge in [-0.3, -0.25) is 0 Å². The van der Waals surface area contributed by atoms with E-state index in [0.717, 1.165) is 6.07 Å². The first-order valence-corrected chi connectivity index (χ1v) is 5.81. The van der Waals surface area contributed by atoms with Crippen LogP contribution in [0.5, 0.6) is 0 Å². The highest BCUT2D eigenvalue weighted by Gasteiger charge is 2.33. The average Bonchev–Trinajstić information content (AvgIpc) is 2.34. The van der Waals surface area contributed by atoms with E-state index in [1.165, 1.54) is 0 Å². The molecular formula is C13H14F3NO4. The molecule has 2 N–H and O–H groups in total. The summed E-state index contributed by atoms with van der Waals surface area (Å²) < 4.78 is 43.3. The van der Waals surface area contributed by atoms with Crippen molar-refractivity contribution in [1.82, 2.24) is 0 Å². The molecule has 0 amide bonds. The Morgan fingerprint density at radius 2 is 1.48 bits per heavy atom. The normalized spacial score (nSPS) is 12.0. The number of esters is 1. The number of hydrogen-bond acceptors (Lipinski definition) is 5. The maximum Gasteiger partial charge on any atom is 0.416 e. The van der Waals surface area contributed by atoms with Crippen molar-refractivity contribution >= 4 is 11.9 Å². The van der Waals surface area contributed by atoms with Crippen LogP contribution in [0.25, 0.3) is 0 Å². The zero-order valence-corrected chi connectivity index (χ0v) is 11.6. The molecule has 0 heterocycles. The second kappa shape index (κ2) is 5.72. The number of carbonyl (C=O) groups is 2. The van der Waals surface area contributed by atoms with Crippen LogP contribution in [0.2, 0.25) is 0 Å². The molecule has 0 aliphatic carbocycles. The lowest BCUT2D eigenvalue weighted by Crippen LogP contribution is -2.24. The molecule has 0 bridgehead atoms. The third kappa shape index (κ3) is 4.75. The monoisotopic (exact) mass is 305 g/mol. The first kappa shape index (κ1) is 17.0. The van der Waals surface area contributed by atoms with E-state index in [2.05, 4.69) is 10.7 Å². The van der Waals surface area contributed by atoms with Crippen molar-refractivity contribution < 1.29 is 32.3 Å². The van der Waals surface area contributed by atoms with Gasteiger partial charge in [0.05, 0.1) is 16.7 Å². The summed E-state index contributed by atoms with van der Waals surface area (Å²) in [6.07, 6.45) is -4.73. The fourth-order valence-corrected chi connectivity index (χ4v) is 1.43. The third-order valence-corrected chi connectivity index (χ3v) is 2.24. The van der Waals surface area contributed by atoms with Crippen LogP contribution in [0.1, 0.15) is 47.1 Å². The molecule has 5 nitrogen and oxygen atoms in total. The maximum atomic E-state index is 12.8. The standard InChI is InChI=1S/C13H14F3NO4/c1-12(2,3)20-10(18)7-4-8(11(19)21-17)6-9(5-7)13(14,15)16/h4-6H,17H2,1-3H3. The quantitative estimate of drug-likeness (QED) is 0.671. The smallest absolute Gasteiger partial charge is 0.416 e. The molecule has 0 aliphatic heterocycles. The van der Waals surface area contributed by atoms with Gasteiger partial charge in [-0.25, -0.2) is 9.59 Å². The second-order valence-corrected chi connectivity index (χ2v) is 5.20. The van der Waals surface area contributed by atoms with E-state index in [9.17, 15) is 22.8 Å². The Balaban J connectivity index is 3.32. The van der Waals surface area contributed by atoms with E-state index in [4.69, 9.17) is 4.74 Å². The summed E-state index contributed by atoms with van der Waals surface area (Å²) in [6, 6.07) is 2.07. The van der Waals surface area contributed by atoms with Crippen molar-refractivity contribution in [1.29, 1.82) is 0 Å². The number of benzene rings is 1. The van der Waals surface area contributed by atoms with Crippen LogP contribution < -0.4 is 5.90 Å². The van der Waals surface area contributed by atoms with Crippen LogP contribution >= 0.6 is 0 Å². The summed E-state index contributed by atoms with van der Waals surface area (Å²) in [4.78, 5) is 27.0. The number of ether oxygens (including phenoxy) is 1. The molecule has 1 rings (SSSR count). The Morgan fingerprint density at radius 1 is 1.00 bits per heavy atom. The lowest BCUT2D eigenvalue weighted by molar-refractivity contribution is -0.137. The lowest BCUT2D eigenvalue weighted by Gasteiger charge is -2.20. The van der Waals surface area contributed by atoms with E-state index in [-0.39, 0.29) is 0 Å². The van der Waals surface area contributed by atoms with Crippen molar-refractivity contribution in [3.05, 3.63) is 34.9 Å². The van der Waals surface area contributed by atoms with E-state index in [1.54, 1.807) is 20.8 Å². The van der Waals surface area contributed by atoms with Gasteiger partial charge in [-0.2, -0.15) is 19.1 Å². The first-order chi connectivity index (χ1) is 9.44. The van der Waals surface area contributed by atoms with E-state index >= 15 is 0 Å². The van der Waals surface area contributed by atoms with Gasteiger partial charge in [-0.15, -0.1) is 0 Å².